The summed E-state index contributed by atoms with van der Waals surface area (Å²) in [4.78, 5) is 43.1. The number of piperazine rings is 1. The molecular weight excluding hydrogens is 715 g/mol. The number of aryl methyl sites for hydroxylation is 1. The number of hydrogen-bond acceptors (Lipinski definition) is 10. The van der Waals surface area contributed by atoms with Crippen molar-refractivity contribution in [2.45, 2.75) is 96.3 Å². The first-order chi connectivity index (χ1) is 26.1. The molecule has 298 valence electrons. The Balaban J connectivity index is 0.961. The minimum atomic E-state index is -4.69. The lowest BCUT2D eigenvalue weighted by molar-refractivity contribution is -0.144. The maximum absolute atomic E-state index is 14.2. The van der Waals surface area contributed by atoms with Gasteiger partial charge in [0.15, 0.2) is 0 Å². The fourth-order valence-corrected chi connectivity index (χ4v) is 8.29. The molecule has 0 bridgehead atoms. The Morgan fingerprint density at radius 1 is 0.855 bits per heavy atom. The summed E-state index contributed by atoms with van der Waals surface area (Å²) in [6.45, 7) is 14.9. The van der Waals surface area contributed by atoms with Crippen LogP contribution < -0.4 is 9.80 Å². The highest BCUT2D eigenvalue weighted by Crippen LogP contribution is 2.38. The molecule has 2 unspecified atom stereocenters. The summed E-state index contributed by atoms with van der Waals surface area (Å²) in [6, 6.07) is 11.3. The van der Waals surface area contributed by atoms with Gasteiger partial charge in [-0.1, -0.05) is 30.3 Å². The van der Waals surface area contributed by atoms with E-state index in [-0.39, 0.29) is 54.5 Å². The Morgan fingerprint density at radius 3 is 2.20 bits per heavy atom. The van der Waals surface area contributed by atoms with Crippen LogP contribution in [0.15, 0.2) is 42.6 Å². The third-order valence-corrected chi connectivity index (χ3v) is 11.3. The van der Waals surface area contributed by atoms with Crippen LogP contribution in [0.3, 0.4) is 0 Å². The maximum Gasteiger partial charge on any atom is 0.451 e. The number of carbonyl (C=O) groups is 2. The molecule has 3 aromatic rings. The largest absolute Gasteiger partial charge is 0.451 e. The van der Waals surface area contributed by atoms with E-state index in [0.717, 1.165) is 36.1 Å². The van der Waals surface area contributed by atoms with Crippen molar-refractivity contribution in [2.75, 3.05) is 68.7 Å². The van der Waals surface area contributed by atoms with Crippen molar-refractivity contribution >= 4 is 23.8 Å². The Kier molecular flexibility index (Phi) is 10.9. The monoisotopic (exact) mass is 767 g/mol. The van der Waals surface area contributed by atoms with Crippen LogP contribution in [-0.4, -0.2) is 123 Å². The third kappa shape index (κ3) is 8.63. The highest BCUT2D eigenvalue weighted by atomic mass is 19.4. The molecule has 4 saturated heterocycles. The van der Waals surface area contributed by atoms with Crippen LogP contribution in [0.5, 0.6) is 0 Å². The van der Waals surface area contributed by atoms with Crippen molar-refractivity contribution in [1.29, 1.82) is 0 Å². The van der Waals surface area contributed by atoms with E-state index >= 15 is 0 Å². The average molecular weight is 768 g/mol. The summed E-state index contributed by atoms with van der Waals surface area (Å²) >= 11 is 0. The Bertz CT molecular complexity index is 1820. The molecule has 4 fully saturated rings. The first-order valence-electron chi connectivity index (χ1n) is 19.3. The minimum absolute atomic E-state index is 0.0284. The van der Waals surface area contributed by atoms with E-state index in [0.29, 0.717) is 58.9 Å². The van der Waals surface area contributed by atoms with Gasteiger partial charge in [0, 0.05) is 88.7 Å². The number of ether oxygens (including phenoxy) is 2. The van der Waals surface area contributed by atoms with Crippen LogP contribution in [0, 0.1) is 6.92 Å². The first-order valence-corrected chi connectivity index (χ1v) is 19.3. The molecule has 2 amide bonds. The van der Waals surface area contributed by atoms with Gasteiger partial charge in [0.25, 0.3) is 0 Å². The van der Waals surface area contributed by atoms with Crippen LogP contribution in [0.4, 0.5) is 34.4 Å². The lowest BCUT2D eigenvalue weighted by Crippen LogP contribution is -2.68. The quantitative estimate of drug-likeness (QED) is 0.280. The van der Waals surface area contributed by atoms with Crippen molar-refractivity contribution in [2.24, 2.45) is 0 Å². The van der Waals surface area contributed by atoms with Gasteiger partial charge in [0.1, 0.15) is 23.8 Å². The van der Waals surface area contributed by atoms with Crippen LogP contribution in [0.1, 0.15) is 81.6 Å². The summed E-state index contributed by atoms with van der Waals surface area (Å²) in [5.74, 6) is -0.413. The van der Waals surface area contributed by atoms with Gasteiger partial charge in [-0.15, -0.1) is 0 Å². The number of aromatic nitrogens is 4. The predicted octanol–water partition coefficient (Wildman–Crippen LogP) is 6.10. The molecule has 3 atom stereocenters. The molecule has 0 N–H and O–H groups in total. The van der Waals surface area contributed by atoms with Crippen molar-refractivity contribution in [3.05, 3.63) is 65.2 Å². The third-order valence-electron chi connectivity index (χ3n) is 11.3. The highest BCUT2D eigenvalue weighted by molar-refractivity contribution is 5.68. The number of nitrogens with zero attached hydrogens (tertiary/aromatic N) is 9. The number of alkyl halides is 3. The summed E-state index contributed by atoms with van der Waals surface area (Å²) in [6.07, 6.45) is -1.27. The fraction of sp³-hybridized carbons (Fsp3) is 0.615. The van der Waals surface area contributed by atoms with Crippen LogP contribution >= 0.6 is 0 Å². The molecular formula is C39H52F3N9O4. The molecule has 0 spiro atoms. The number of rotatable bonds is 7. The Morgan fingerprint density at radius 2 is 1.55 bits per heavy atom. The van der Waals surface area contributed by atoms with Gasteiger partial charge in [-0.3, -0.25) is 9.58 Å². The molecule has 6 heterocycles. The minimum Gasteiger partial charge on any atom is -0.445 e. The number of likely N-dealkylation sites (tertiary alicyclic amines) is 1. The topological polar surface area (TPSA) is 112 Å². The van der Waals surface area contributed by atoms with Crippen LogP contribution in [-0.2, 0) is 22.3 Å². The van der Waals surface area contributed by atoms with Gasteiger partial charge in [-0.25, -0.2) is 19.6 Å². The number of carbonyl (C=O) groups excluding carboxylic acids is 2. The summed E-state index contributed by atoms with van der Waals surface area (Å²) in [5.41, 5.74) is 2.55. The molecule has 4 aliphatic heterocycles. The van der Waals surface area contributed by atoms with Crippen molar-refractivity contribution in [3.8, 4) is 0 Å². The van der Waals surface area contributed by atoms with E-state index in [1.807, 2.05) is 80.9 Å². The Hall–Kier alpha value is -4.60. The molecule has 7 rings (SSSR count). The zero-order valence-corrected chi connectivity index (χ0v) is 32.3. The van der Waals surface area contributed by atoms with Gasteiger partial charge in [-0.05, 0) is 65.0 Å². The number of piperidine rings is 1. The SMILES string of the molecule is Cc1cnn(C2CCN(C(=O)OC(C)(C)C)C2)c1C1CCN(c2cc(N3CC(N4CCN(C(=O)OCc5ccccc5)CC4)[C@H]3C)nc(C(F)(F)F)n2)CC1. The lowest BCUT2D eigenvalue weighted by atomic mass is 9.91. The molecule has 0 radical (unpaired) electrons. The number of benzene rings is 1. The van der Waals surface area contributed by atoms with Crippen molar-refractivity contribution in [1.82, 2.24) is 34.4 Å². The van der Waals surface area contributed by atoms with Crippen molar-refractivity contribution in [3.63, 3.8) is 0 Å². The molecule has 55 heavy (non-hydrogen) atoms. The molecule has 13 nitrogen and oxygen atoms in total. The van der Waals surface area contributed by atoms with Crippen LogP contribution in [0.2, 0.25) is 0 Å². The second-order valence-corrected chi connectivity index (χ2v) is 16.2. The zero-order chi connectivity index (χ0) is 39.1. The van der Waals surface area contributed by atoms with Gasteiger partial charge in [0.05, 0.1) is 12.2 Å². The second kappa shape index (κ2) is 15.5. The molecule has 1 aromatic carbocycles. The van der Waals surface area contributed by atoms with E-state index in [9.17, 15) is 22.8 Å². The van der Waals surface area contributed by atoms with E-state index in [4.69, 9.17) is 14.6 Å². The van der Waals surface area contributed by atoms with Gasteiger partial charge >= 0.3 is 18.4 Å². The fourth-order valence-electron chi connectivity index (χ4n) is 8.29. The molecule has 16 heteroatoms. The van der Waals surface area contributed by atoms with Crippen molar-refractivity contribution < 1.29 is 32.2 Å². The van der Waals surface area contributed by atoms with E-state index in [1.165, 1.54) is 0 Å². The van der Waals surface area contributed by atoms with Gasteiger partial charge in [0.2, 0.25) is 5.82 Å². The van der Waals surface area contributed by atoms with E-state index in [2.05, 4.69) is 19.5 Å². The first kappa shape index (κ1) is 38.7. The molecule has 2 aromatic heterocycles. The lowest BCUT2D eigenvalue weighted by Gasteiger charge is -2.53. The maximum atomic E-state index is 14.2. The predicted molar refractivity (Wildman–Crippen MR) is 200 cm³/mol. The van der Waals surface area contributed by atoms with Gasteiger partial charge in [-0.2, -0.15) is 18.3 Å². The average Bonchev–Trinajstić information content (AvgIpc) is 3.80. The van der Waals surface area contributed by atoms with E-state index in [1.54, 1.807) is 15.9 Å². The summed E-state index contributed by atoms with van der Waals surface area (Å²) < 4.78 is 55.8. The van der Waals surface area contributed by atoms with Gasteiger partial charge < -0.3 is 29.1 Å². The molecule has 0 aliphatic carbocycles. The number of anilines is 2. The zero-order valence-electron chi connectivity index (χ0n) is 32.3. The number of halogens is 3. The van der Waals surface area contributed by atoms with E-state index < -0.39 is 17.6 Å². The summed E-state index contributed by atoms with van der Waals surface area (Å²) in [5, 5.41) is 4.73. The van der Waals surface area contributed by atoms with Crippen LogP contribution in [0.25, 0.3) is 0 Å². The molecule has 0 saturated carbocycles. The number of amides is 2. The standard InChI is InChI=1S/C39H52F3N9O4/c1-26-22-43-51(30-13-16-49(23-30)37(53)55-38(3,4)5)34(26)29-11-14-47(15-12-29)32-21-33(45-35(44-32)39(40,41)42)50-24-31(27(50)2)46-17-19-48(20-18-46)36(52)54-25-28-9-7-6-8-10-28/h6-10,21-22,27,29-31H,11-20,23-25H2,1-5H3/t27-,30?,31?/m1/s1. The Labute approximate surface area is 320 Å². The second-order valence-electron chi connectivity index (χ2n) is 16.2. The normalized spacial score (nSPS) is 22.9. The molecule has 4 aliphatic rings. The summed E-state index contributed by atoms with van der Waals surface area (Å²) in [7, 11) is 0. The smallest absolute Gasteiger partial charge is 0.445 e. The highest BCUT2D eigenvalue weighted by Gasteiger charge is 2.44. The number of hydrogen-bond donors (Lipinski definition) is 0.